The van der Waals surface area contributed by atoms with E-state index in [0.717, 1.165) is 5.56 Å². The first-order valence-electron chi connectivity index (χ1n) is 4.93. The first-order valence-corrected chi connectivity index (χ1v) is 4.93. The van der Waals surface area contributed by atoms with Crippen LogP contribution < -0.4 is 11.1 Å². The van der Waals surface area contributed by atoms with Crippen LogP contribution in [0, 0.1) is 11.3 Å². The monoisotopic (exact) mass is 229 g/mol. The van der Waals surface area contributed by atoms with Gasteiger partial charge in [-0.3, -0.25) is 4.68 Å². The van der Waals surface area contributed by atoms with Crippen LogP contribution in [0.4, 0.5) is 11.6 Å². The molecule has 0 atom stereocenters. The van der Waals surface area contributed by atoms with Gasteiger partial charge in [-0.25, -0.2) is 9.97 Å². The minimum absolute atomic E-state index is 0.259. The van der Waals surface area contributed by atoms with Gasteiger partial charge < -0.3 is 11.1 Å². The molecule has 3 N–H and O–H groups in total. The second kappa shape index (κ2) is 4.49. The summed E-state index contributed by atoms with van der Waals surface area (Å²) in [7, 11) is 1.77. The zero-order chi connectivity index (χ0) is 12.3. The van der Waals surface area contributed by atoms with Gasteiger partial charge in [-0.15, -0.1) is 0 Å². The number of hydrogen-bond acceptors (Lipinski definition) is 6. The number of nitrogens with one attached hydrogen (secondary N) is 1. The van der Waals surface area contributed by atoms with Crippen LogP contribution in [0.5, 0.6) is 0 Å². The highest BCUT2D eigenvalue weighted by molar-refractivity contribution is 5.48. The molecule has 0 bridgehead atoms. The molecular formula is C10H11N7. The quantitative estimate of drug-likeness (QED) is 0.782. The summed E-state index contributed by atoms with van der Waals surface area (Å²) < 4.78 is 1.58. The molecule has 2 rings (SSSR count). The van der Waals surface area contributed by atoms with Crippen molar-refractivity contribution in [2.24, 2.45) is 7.05 Å². The van der Waals surface area contributed by atoms with Crippen molar-refractivity contribution in [2.45, 2.75) is 6.54 Å². The summed E-state index contributed by atoms with van der Waals surface area (Å²) in [6.45, 7) is 0.451. The van der Waals surface area contributed by atoms with Gasteiger partial charge in [0.25, 0.3) is 0 Å². The third-order valence-electron chi connectivity index (χ3n) is 2.31. The average molecular weight is 229 g/mol. The fourth-order valence-electron chi connectivity index (χ4n) is 1.36. The highest BCUT2D eigenvalue weighted by Gasteiger charge is 2.07. The summed E-state index contributed by atoms with van der Waals surface area (Å²) in [5, 5.41) is 15.9. The third-order valence-corrected chi connectivity index (χ3v) is 2.31. The van der Waals surface area contributed by atoms with Gasteiger partial charge >= 0.3 is 0 Å². The summed E-state index contributed by atoms with van der Waals surface area (Å²) in [5.41, 5.74) is 6.91. The van der Waals surface area contributed by atoms with E-state index >= 15 is 0 Å². The summed E-state index contributed by atoms with van der Waals surface area (Å²) in [5.74, 6) is 1.03. The van der Waals surface area contributed by atoms with Gasteiger partial charge in [0.15, 0.2) is 11.5 Å². The molecule has 86 valence electrons. The molecular weight excluding hydrogens is 218 g/mol. The Morgan fingerprint density at radius 3 is 2.88 bits per heavy atom. The van der Waals surface area contributed by atoms with Gasteiger partial charge in [-0.1, -0.05) is 0 Å². The van der Waals surface area contributed by atoms with Gasteiger partial charge in [0.05, 0.1) is 6.20 Å². The number of nitrogens with two attached hydrogens (primary N) is 1. The van der Waals surface area contributed by atoms with Crippen LogP contribution >= 0.6 is 0 Å². The number of aromatic nitrogens is 4. The van der Waals surface area contributed by atoms with Crippen LogP contribution in [0.1, 0.15) is 11.3 Å². The van der Waals surface area contributed by atoms with Crippen LogP contribution in [0.3, 0.4) is 0 Å². The number of hydrogen-bond donors (Lipinski definition) is 2. The van der Waals surface area contributed by atoms with E-state index in [1.54, 1.807) is 17.9 Å². The van der Waals surface area contributed by atoms with E-state index in [4.69, 9.17) is 11.0 Å². The number of nitrogens with zero attached hydrogens (tertiary/aromatic N) is 5. The number of nitrogen functional groups attached to an aromatic ring is 1. The molecule has 0 amide bonds. The van der Waals surface area contributed by atoms with Crippen LogP contribution in [-0.4, -0.2) is 19.7 Å². The summed E-state index contributed by atoms with van der Waals surface area (Å²) in [6.07, 6.45) is 4.67. The van der Waals surface area contributed by atoms with Crippen molar-refractivity contribution in [1.29, 1.82) is 5.26 Å². The van der Waals surface area contributed by atoms with Gasteiger partial charge in [-0.2, -0.15) is 10.4 Å². The molecule has 0 fully saturated rings. The number of nitriles is 1. The second-order valence-electron chi connectivity index (χ2n) is 3.40. The van der Waals surface area contributed by atoms with Gasteiger partial charge in [0, 0.05) is 31.5 Å². The van der Waals surface area contributed by atoms with Crippen LogP contribution in [0.2, 0.25) is 0 Å². The molecule has 0 aliphatic heterocycles. The Bertz CT molecular complexity index is 566. The Kier molecular flexibility index (Phi) is 2.87. The van der Waals surface area contributed by atoms with E-state index in [2.05, 4.69) is 20.4 Å². The SMILES string of the molecule is Cn1ncc(CNc2nccnc2C#N)c1N. The fourth-order valence-corrected chi connectivity index (χ4v) is 1.36. The van der Waals surface area contributed by atoms with Gasteiger partial charge in [0.2, 0.25) is 0 Å². The maximum absolute atomic E-state index is 8.84. The molecule has 0 spiro atoms. The van der Waals surface area contributed by atoms with Crippen molar-refractivity contribution in [3.63, 3.8) is 0 Å². The van der Waals surface area contributed by atoms with E-state index in [1.165, 1.54) is 12.4 Å². The first-order chi connectivity index (χ1) is 8.22. The van der Waals surface area contributed by atoms with Crippen molar-refractivity contribution in [2.75, 3.05) is 11.1 Å². The van der Waals surface area contributed by atoms with E-state index in [-0.39, 0.29) is 5.69 Å². The Morgan fingerprint density at radius 2 is 2.24 bits per heavy atom. The van der Waals surface area contributed by atoms with Crippen molar-refractivity contribution in [3.8, 4) is 6.07 Å². The van der Waals surface area contributed by atoms with Crippen LogP contribution in [-0.2, 0) is 13.6 Å². The van der Waals surface area contributed by atoms with Crippen molar-refractivity contribution in [3.05, 3.63) is 29.8 Å². The zero-order valence-electron chi connectivity index (χ0n) is 9.25. The van der Waals surface area contributed by atoms with Crippen molar-refractivity contribution < 1.29 is 0 Å². The lowest BCUT2D eigenvalue weighted by Crippen LogP contribution is -2.06. The molecule has 17 heavy (non-hydrogen) atoms. The first kappa shape index (κ1) is 10.9. The van der Waals surface area contributed by atoms with E-state index in [9.17, 15) is 0 Å². The molecule has 2 heterocycles. The molecule has 0 aliphatic rings. The number of rotatable bonds is 3. The van der Waals surface area contributed by atoms with E-state index in [0.29, 0.717) is 18.2 Å². The van der Waals surface area contributed by atoms with Gasteiger partial charge in [0.1, 0.15) is 11.9 Å². The molecule has 2 aromatic rings. The summed E-state index contributed by atoms with van der Waals surface area (Å²) >= 11 is 0. The minimum Gasteiger partial charge on any atom is -0.384 e. The van der Waals surface area contributed by atoms with Crippen molar-refractivity contribution in [1.82, 2.24) is 19.7 Å². The fraction of sp³-hybridized carbons (Fsp3) is 0.200. The Balaban J connectivity index is 2.13. The highest BCUT2D eigenvalue weighted by Crippen LogP contribution is 2.13. The maximum Gasteiger partial charge on any atom is 0.182 e. The normalized spacial score (nSPS) is 9.88. The molecule has 2 aromatic heterocycles. The maximum atomic E-state index is 8.84. The molecule has 0 aliphatic carbocycles. The van der Waals surface area contributed by atoms with Crippen molar-refractivity contribution >= 4 is 11.6 Å². The summed E-state index contributed by atoms with van der Waals surface area (Å²) in [6, 6.07) is 1.96. The lowest BCUT2D eigenvalue weighted by atomic mass is 10.3. The smallest absolute Gasteiger partial charge is 0.182 e. The molecule has 0 saturated carbocycles. The standard InChI is InChI=1S/C10H11N7/c1-17-9(12)7(6-16-17)5-15-10-8(4-11)13-2-3-14-10/h2-3,6H,5,12H2,1H3,(H,14,15). The van der Waals surface area contributed by atoms with E-state index in [1.807, 2.05) is 6.07 Å². The third kappa shape index (κ3) is 2.15. The molecule has 0 unspecified atom stereocenters. The lowest BCUT2D eigenvalue weighted by molar-refractivity contribution is 0.778. The lowest BCUT2D eigenvalue weighted by Gasteiger charge is -2.05. The largest absolute Gasteiger partial charge is 0.384 e. The average Bonchev–Trinajstić information content (AvgIpc) is 2.68. The predicted octanol–water partition coefficient (Wildman–Crippen LogP) is 0.276. The Labute approximate surface area is 97.9 Å². The Hall–Kier alpha value is -2.62. The second-order valence-corrected chi connectivity index (χ2v) is 3.40. The molecule has 0 saturated heterocycles. The number of aryl methyl sites for hydroxylation is 1. The predicted molar refractivity (Wildman–Crippen MR) is 61.7 cm³/mol. The summed E-state index contributed by atoms with van der Waals surface area (Å²) in [4.78, 5) is 7.94. The molecule has 0 aromatic carbocycles. The molecule has 7 heteroatoms. The molecule has 0 radical (unpaired) electrons. The zero-order valence-corrected chi connectivity index (χ0v) is 9.25. The van der Waals surface area contributed by atoms with E-state index < -0.39 is 0 Å². The minimum atomic E-state index is 0.259. The number of anilines is 2. The van der Waals surface area contributed by atoms with Crippen LogP contribution in [0.25, 0.3) is 0 Å². The highest BCUT2D eigenvalue weighted by atomic mass is 15.3. The van der Waals surface area contributed by atoms with Gasteiger partial charge in [-0.05, 0) is 0 Å². The molecule has 7 nitrogen and oxygen atoms in total. The Morgan fingerprint density at radius 1 is 1.47 bits per heavy atom. The van der Waals surface area contributed by atoms with Crippen LogP contribution in [0.15, 0.2) is 18.6 Å². The topological polar surface area (TPSA) is 105 Å².